The summed E-state index contributed by atoms with van der Waals surface area (Å²) in [6.07, 6.45) is 0. The van der Waals surface area contributed by atoms with Crippen LogP contribution in [0, 0.1) is 0 Å². The Morgan fingerprint density at radius 2 is 1.73 bits per heavy atom. The predicted octanol–water partition coefficient (Wildman–Crippen LogP) is 1.08. The molecule has 66 valence electrons. The minimum absolute atomic E-state index is 0. The summed E-state index contributed by atoms with van der Waals surface area (Å²) in [7, 11) is 0. The number of hydrogen-bond acceptors (Lipinski definition) is 2. The van der Waals surface area contributed by atoms with Gasteiger partial charge in [0.05, 0.1) is 0 Å². The van der Waals surface area contributed by atoms with Gasteiger partial charge in [0.25, 0.3) is 0 Å². The number of rotatable bonds is 1. The third kappa shape index (κ3) is 7.06. The van der Waals surface area contributed by atoms with Crippen LogP contribution in [0.1, 0.15) is 27.7 Å². The monoisotopic (exact) mass is 160 g/mol. The molecule has 0 amide bonds. The van der Waals surface area contributed by atoms with E-state index >= 15 is 0 Å². The zero-order valence-corrected chi connectivity index (χ0v) is 7.52. The van der Waals surface area contributed by atoms with Crippen LogP contribution in [0.3, 0.4) is 0 Å². The summed E-state index contributed by atoms with van der Waals surface area (Å²) in [5, 5.41) is 0. The molecule has 0 bridgehead atoms. The van der Waals surface area contributed by atoms with Crippen molar-refractivity contribution < 1.29 is 15.0 Å². The number of hydrogen-bond donors (Lipinski definition) is 0. The quantitative estimate of drug-likeness (QED) is 0.425. The third-order valence-corrected chi connectivity index (χ3v) is 0.747. The molecular weight excluding hydrogens is 144 g/mol. The van der Waals surface area contributed by atoms with E-state index in [1.54, 1.807) is 6.92 Å². The summed E-state index contributed by atoms with van der Waals surface area (Å²) >= 11 is 0. The first-order valence-electron chi connectivity index (χ1n) is 3.22. The topological polar surface area (TPSA) is 57.8 Å². The van der Waals surface area contributed by atoms with Crippen LogP contribution in [0.25, 0.3) is 0 Å². The third-order valence-electron chi connectivity index (χ3n) is 0.747. The zero-order valence-electron chi connectivity index (χ0n) is 7.52. The molecule has 0 heterocycles. The van der Waals surface area contributed by atoms with E-state index in [1.165, 1.54) is 0 Å². The van der Waals surface area contributed by atoms with Crippen molar-refractivity contribution in [1.29, 1.82) is 0 Å². The highest BCUT2D eigenvalue weighted by Crippen LogP contribution is 2.09. The normalized spacial score (nSPS) is 9.82. The minimum atomic E-state index is -0.407. The zero-order chi connectivity index (χ0) is 8.36. The highest BCUT2D eigenvalue weighted by Gasteiger charge is 2.15. The summed E-state index contributed by atoms with van der Waals surface area (Å²) in [6.45, 7) is 10.6. The van der Waals surface area contributed by atoms with Gasteiger partial charge in [0.2, 0.25) is 0 Å². The summed E-state index contributed by atoms with van der Waals surface area (Å²) in [4.78, 5) is 10.8. The Morgan fingerprint density at radius 1 is 1.36 bits per heavy atom. The van der Waals surface area contributed by atoms with Gasteiger partial charge >= 0.3 is 5.97 Å². The molecular formula is C8H16O3. The average Bonchev–Trinajstić information content (AvgIpc) is 1.60. The Labute approximate surface area is 67.4 Å². The van der Waals surface area contributed by atoms with Crippen LogP contribution >= 0.6 is 0 Å². The molecule has 0 aromatic heterocycles. The van der Waals surface area contributed by atoms with E-state index in [-0.39, 0.29) is 11.4 Å². The molecule has 2 N–H and O–H groups in total. The molecule has 0 radical (unpaired) electrons. The molecule has 3 heteroatoms. The van der Waals surface area contributed by atoms with Crippen LogP contribution in [0.5, 0.6) is 0 Å². The van der Waals surface area contributed by atoms with Gasteiger partial charge in [0.1, 0.15) is 5.60 Å². The molecule has 0 aliphatic carbocycles. The first kappa shape index (κ1) is 12.8. The van der Waals surface area contributed by atoms with Gasteiger partial charge in [0.15, 0.2) is 0 Å². The van der Waals surface area contributed by atoms with Crippen molar-refractivity contribution in [2.24, 2.45) is 0 Å². The molecule has 0 rings (SSSR count). The Bertz CT molecular complexity index is 153. The van der Waals surface area contributed by atoms with Gasteiger partial charge in [-0.1, -0.05) is 6.58 Å². The molecule has 0 unspecified atom stereocenters. The van der Waals surface area contributed by atoms with E-state index < -0.39 is 5.60 Å². The van der Waals surface area contributed by atoms with Gasteiger partial charge in [-0.25, -0.2) is 4.79 Å². The molecule has 0 aromatic carbocycles. The fourth-order valence-corrected chi connectivity index (χ4v) is 0.365. The van der Waals surface area contributed by atoms with E-state index in [1.807, 2.05) is 20.8 Å². The van der Waals surface area contributed by atoms with Gasteiger partial charge in [0, 0.05) is 5.57 Å². The van der Waals surface area contributed by atoms with Crippen LogP contribution in [0.2, 0.25) is 0 Å². The second-order valence-corrected chi connectivity index (χ2v) is 3.28. The number of carbonyl (C=O) groups is 1. The average molecular weight is 160 g/mol. The second kappa shape index (κ2) is 4.13. The Morgan fingerprint density at radius 3 is 1.82 bits per heavy atom. The van der Waals surface area contributed by atoms with Crippen molar-refractivity contribution in [3.8, 4) is 0 Å². The Balaban J connectivity index is 0. The smallest absolute Gasteiger partial charge is 0.333 e. The molecule has 0 fully saturated rings. The van der Waals surface area contributed by atoms with E-state index in [2.05, 4.69) is 6.58 Å². The molecule has 0 spiro atoms. The van der Waals surface area contributed by atoms with Crippen molar-refractivity contribution in [3.05, 3.63) is 12.2 Å². The standard InChI is InChI=1S/C8H14O2.H2O/c1-6(2)7(9)10-8(3,4)5;/h1H2,2-5H3;1H2. The maximum Gasteiger partial charge on any atom is 0.333 e. The first-order chi connectivity index (χ1) is 4.33. The number of esters is 1. The molecule has 0 aromatic rings. The van der Waals surface area contributed by atoms with Crippen LogP contribution in [0.4, 0.5) is 0 Å². The predicted molar refractivity (Wildman–Crippen MR) is 44.3 cm³/mol. The molecule has 0 aliphatic heterocycles. The highest BCUT2D eigenvalue weighted by atomic mass is 16.6. The maximum atomic E-state index is 10.8. The van der Waals surface area contributed by atoms with Gasteiger partial charge in [-0.15, -0.1) is 0 Å². The fourth-order valence-electron chi connectivity index (χ4n) is 0.365. The largest absolute Gasteiger partial charge is 0.457 e. The number of ether oxygens (including phenoxy) is 1. The van der Waals surface area contributed by atoms with E-state index in [0.29, 0.717) is 5.57 Å². The van der Waals surface area contributed by atoms with Crippen LogP contribution in [-0.4, -0.2) is 17.0 Å². The van der Waals surface area contributed by atoms with E-state index in [0.717, 1.165) is 0 Å². The van der Waals surface area contributed by atoms with Crippen molar-refractivity contribution in [2.75, 3.05) is 0 Å². The van der Waals surface area contributed by atoms with Crippen molar-refractivity contribution in [1.82, 2.24) is 0 Å². The molecule has 0 atom stereocenters. The van der Waals surface area contributed by atoms with Crippen molar-refractivity contribution in [3.63, 3.8) is 0 Å². The second-order valence-electron chi connectivity index (χ2n) is 3.28. The van der Waals surface area contributed by atoms with Crippen molar-refractivity contribution in [2.45, 2.75) is 33.3 Å². The number of carbonyl (C=O) groups excluding carboxylic acids is 1. The highest BCUT2D eigenvalue weighted by molar-refractivity contribution is 5.87. The molecule has 3 nitrogen and oxygen atoms in total. The minimum Gasteiger partial charge on any atom is -0.457 e. The Hall–Kier alpha value is -0.830. The molecule has 11 heavy (non-hydrogen) atoms. The SMILES string of the molecule is C=C(C)C(=O)OC(C)(C)C.O. The lowest BCUT2D eigenvalue weighted by molar-refractivity contribution is -0.149. The van der Waals surface area contributed by atoms with Gasteiger partial charge < -0.3 is 10.2 Å². The van der Waals surface area contributed by atoms with Gasteiger partial charge in [-0.2, -0.15) is 0 Å². The Kier molecular flexibility index (Phi) is 4.81. The summed E-state index contributed by atoms with van der Waals surface area (Å²) in [5.41, 5.74) is 0.0330. The lowest BCUT2D eigenvalue weighted by Gasteiger charge is -2.19. The summed E-state index contributed by atoms with van der Waals surface area (Å²) < 4.78 is 4.96. The van der Waals surface area contributed by atoms with Crippen LogP contribution in [-0.2, 0) is 9.53 Å². The molecule has 0 saturated heterocycles. The summed E-state index contributed by atoms with van der Waals surface area (Å²) in [5.74, 6) is -0.326. The first-order valence-corrected chi connectivity index (χ1v) is 3.22. The van der Waals surface area contributed by atoms with Gasteiger partial charge in [-0.05, 0) is 27.7 Å². The van der Waals surface area contributed by atoms with Gasteiger partial charge in [-0.3, -0.25) is 0 Å². The molecule has 0 saturated carbocycles. The lowest BCUT2D eigenvalue weighted by Crippen LogP contribution is -2.23. The van der Waals surface area contributed by atoms with Crippen LogP contribution < -0.4 is 0 Å². The fraction of sp³-hybridized carbons (Fsp3) is 0.625. The van der Waals surface area contributed by atoms with E-state index in [4.69, 9.17) is 4.74 Å². The van der Waals surface area contributed by atoms with Crippen LogP contribution in [0.15, 0.2) is 12.2 Å². The lowest BCUT2D eigenvalue weighted by atomic mass is 10.2. The maximum absolute atomic E-state index is 10.8. The molecule has 0 aliphatic rings. The summed E-state index contributed by atoms with van der Waals surface area (Å²) in [6, 6.07) is 0. The van der Waals surface area contributed by atoms with Crippen molar-refractivity contribution >= 4 is 5.97 Å². The van der Waals surface area contributed by atoms with E-state index in [9.17, 15) is 4.79 Å².